The van der Waals surface area contributed by atoms with Gasteiger partial charge in [0, 0.05) is 13.2 Å². The molecule has 1 aromatic heterocycles. The molecule has 0 atom stereocenters. The van der Waals surface area contributed by atoms with Crippen LogP contribution in [0.1, 0.15) is 5.76 Å². The van der Waals surface area contributed by atoms with E-state index < -0.39 is 0 Å². The fourth-order valence-electron chi connectivity index (χ4n) is 0.582. The van der Waals surface area contributed by atoms with Gasteiger partial charge in [-0.15, -0.1) is 0 Å². The number of oxazole rings is 1. The van der Waals surface area contributed by atoms with Gasteiger partial charge in [0.2, 0.25) is 0 Å². The minimum Gasteiger partial charge on any atom is -0.429 e. The summed E-state index contributed by atoms with van der Waals surface area (Å²) in [4.78, 5) is 0. The van der Waals surface area contributed by atoms with Crippen molar-refractivity contribution in [2.24, 2.45) is 7.05 Å². The molecule has 0 radical (unpaired) electrons. The van der Waals surface area contributed by atoms with Crippen molar-refractivity contribution in [3.8, 4) is 0 Å². The number of rotatable bonds is 0. The van der Waals surface area contributed by atoms with Crippen molar-refractivity contribution in [3.05, 3.63) is 17.6 Å². The van der Waals surface area contributed by atoms with Gasteiger partial charge < -0.3 is 8.98 Å². The Morgan fingerprint density at radius 1 is 1.75 bits per heavy atom. The summed E-state index contributed by atoms with van der Waals surface area (Å²) in [6, 6.07) is 0. The second-order valence-electron chi connectivity index (χ2n) is 1.76. The van der Waals surface area contributed by atoms with E-state index >= 15 is 0 Å². The van der Waals surface area contributed by atoms with Crippen LogP contribution in [0.15, 0.2) is 10.6 Å². The molecule has 8 heavy (non-hydrogen) atoms. The van der Waals surface area contributed by atoms with Gasteiger partial charge in [0.05, 0.1) is 0 Å². The number of nitrogens with zero attached hydrogens (tertiary/aromatic N) is 1. The zero-order valence-corrected chi connectivity index (χ0v) is 4.93. The van der Waals surface area contributed by atoms with Gasteiger partial charge in [0.1, 0.15) is 5.76 Å². The Labute approximate surface area is 47.1 Å². The molecule has 44 valence electrons. The molecule has 0 aliphatic carbocycles. The lowest BCUT2D eigenvalue weighted by molar-refractivity contribution is 0.446. The van der Waals surface area contributed by atoms with Crippen LogP contribution in [0.3, 0.4) is 0 Å². The molecule has 0 aliphatic rings. The summed E-state index contributed by atoms with van der Waals surface area (Å²) < 4.78 is 6.46. The summed E-state index contributed by atoms with van der Waals surface area (Å²) in [7, 11) is 1.78. The summed E-state index contributed by atoms with van der Waals surface area (Å²) >= 11 is 0. The average molecular weight is 112 g/mol. The molecule has 1 N–H and O–H groups in total. The summed E-state index contributed by atoms with van der Waals surface area (Å²) in [6.45, 7) is 1.82. The molecule has 1 heterocycles. The van der Waals surface area contributed by atoms with Crippen LogP contribution in [-0.4, -0.2) is 4.57 Å². The fraction of sp³-hybridized carbons (Fsp3) is 0.400. The Morgan fingerprint density at radius 2 is 2.38 bits per heavy atom. The Morgan fingerprint density at radius 3 is 2.50 bits per heavy atom. The second kappa shape index (κ2) is 1.51. The first-order chi connectivity index (χ1) is 3.70. The van der Waals surface area contributed by atoms with Crippen LogP contribution < -0.4 is 5.68 Å². The molecule has 0 amide bonds. The predicted octanol–water partition coefficient (Wildman–Crippen LogP) is 0.406. The van der Waals surface area contributed by atoms with Gasteiger partial charge in [0.15, 0.2) is 0 Å². The highest BCUT2D eigenvalue weighted by atomic mass is 16.4. The van der Waals surface area contributed by atoms with Crippen molar-refractivity contribution in [2.45, 2.75) is 6.92 Å². The minimum atomic E-state index is 0.197. The van der Waals surface area contributed by atoms with Crippen LogP contribution >= 0.6 is 0 Å². The van der Waals surface area contributed by atoms with Gasteiger partial charge in [-0.3, -0.25) is 5.41 Å². The summed E-state index contributed by atoms with van der Waals surface area (Å²) in [6.07, 6.45) is 1.77. The van der Waals surface area contributed by atoms with Crippen molar-refractivity contribution in [1.29, 1.82) is 5.41 Å². The smallest absolute Gasteiger partial charge is 0.293 e. The van der Waals surface area contributed by atoms with Gasteiger partial charge >= 0.3 is 0 Å². The highest BCUT2D eigenvalue weighted by Gasteiger charge is 1.89. The third-order valence-electron chi connectivity index (χ3n) is 0.953. The van der Waals surface area contributed by atoms with E-state index in [0.717, 1.165) is 5.76 Å². The highest BCUT2D eigenvalue weighted by molar-refractivity contribution is 4.83. The summed E-state index contributed by atoms with van der Waals surface area (Å²) in [5.74, 6) is 0.775. The molecule has 0 unspecified atom stereocenters. The van der Waals surface area contributed by atoms with Gasteiger partial charge in [-0.25, -0.2) is 0 Å². The molecule has 1 rings (SSSR count). The molecule has 1 aromatic rings. The van der Waals surface area contributed by atoms with Gasteiger partial charge in [-0.2, -0.15) is 0 Å². The van der Waals surface area contributed by atoms with Crippen LogP contribution in [0.5, 0.6) is 0 Å². The van der Waals surface area contributed by atoms with E-state index in [1.54, 1.807) is 17.8 Å². The highest BCUT2D eigenvalue weighted by Crippen LogP contribution is 1.87. The molecule has 0 saturated heterocycles. The lowest BCUT2D eigenvalue weighted by Gasteiger charge is -1.77. The quantitative estimate of drug-likeness (QED) is 0.518. The SMILES string of the molecule is Cc1cn(C)c(=N)o1. The largest absolute Gasteiger partial charge is 0.429 e. The molecule has 0 aliphatic heterocycles. The predicted molar refractivity (Wildman–Crippen MR) is 28.3 cm³/mol. The molecule has 3 nitrogen and oxygen atoms in total. The molecule has 0 fully saturated rings. The first-order valence-corrected chi connectivity index (χ1v) is 2.38. The number of hydrogen-bond acceptors (Lipinski definition) is 2. The number of aromatic nitrogens is 1. The van der Waals surface area contributed by atoms with Gasteiger partial charge in [0.25, 0.3) is 5.68 Å². The first kappa shape index (κ1) is 5.15. The maximum Gasteiger partial charge on any atom is 0.293 e. The molecular weight excluding hydrogens is 104 g/mol. The van der Waals surface area contributed by atoms with Crippen molar-refractivity contribution in [2.75, 3.05) is 0 Å². The monoisotopic (exact) mass is 112 g/mol. The van der Waals surface area contributed by atoms with E-state index in [0.29, 0.717) is 0 Å². The Bertz CT molecular complexity index is 233. The van der Waals surface area contributed by atoms with Crippen LogP contribution in [0.2, 0.25) is 0 Å². The first-order valence-electron chi connectivity index (χ1n) is 2.38. The Balaban J connectivity index is 3.35. The lowest BCUT2D eigenvalue weighted by atomic mass is 10.6. The average Bonchev–Trinajstić information content (AvgIpc) is 1.85. The second-order valence-corrected chi connectivity index (χ2v) is 1.76. The summed E-state index contributed by atoms with van der Waals surface area (Å²) in [5, 5.41) is 7.04. The lowest BCUT2D eigenvalue weighted by Crippen LogP contribution is -2.07. The number of nitrogens with one attached hydrogen (secondary N) is 1. The van der Waals surface area contributed by atoms with Crippen LogP contribution in [-0.2, 0) is 7.05 Å². The van der Waals surface area contributed by atoms with E-state index in [1.807, 2.05) is 6.92 Å². The molecule has 0 spiro atoms. The zero-order chi connectivity index (χ0) is 6.15. The summed E-state index contributed by atoms with van der Waals surface area (Å²) in [5.41, 5.74) is 0.197. The van der Waals surface area contributed by atoms with E-state index in [1.165, 1.54) is 0 Å². The van der Waals surface area contributed by atoms with Crippen LogP contribution in [0.25, 0.3) is 0 Å². The molecule has 0 saturated carbocycles. The maximum atomic E-state index is 7.04. The number of hydrogen-bond donors (Lipinski definition) is 1. The van der Waals surface area contributed by atoms with E-state index in [-0.39, 0.29) is 5.68 Å². The van der Waals surface area contributed by atoms with Crippen molar-refractivity contribution in [3.63, 3.8) is 0 Å². The van der Waals surface area contributed by atoms with Crippen LogP contribution in [0.4, 0.5) is 0 Å². The van der Waals surface area contributed by atoms with Gasteiger partial charge in [-0.1, -0.05) is 0 Å². The maximum absolute atomic E-state index is 7.04. The van der Waals surface area contributed by atoms with Crippen LogP contribution in [0, 0.1) is 12.3 Å². The topological polar surface area (TPSA) is 41.9 Å². The minimum absolute atomic E-state index is 0.197. The Hall–Kier alpha value is -0.990. The Kier molecular flexibility index (Phi) is 0.970. The van der Waals surface area contributed by atoms with E-state index in [2.05, 4.69) is 0 Å². The molecular formula is C5H8N2O. The molecule has 0 bridgehead atoms. The van der Waals surface area contributed by atoms with Crippen molar-refractivity contribution in [1.82, 2.24) is 4.57 Å². The molecule has 0 aromatic carbocycles. The number of aryl methyl sites for hydroxylation is 2. The third-order valence-corrected chi connectivity index (χ3v) is 0.953. The van der Waals surface area contributed by atoms with Crippen molar-refractivity contribution >= 4 is 0 Å². The zero-order valence-electron chi connectivity index (χ0n) is 4.93. The van der Waals surface area contributed by atoms with E-state index in [4.69, 9.17) is 9.83 Å². The van der Waals surface area contributed by atoms with Crippen molar-refractivity contribution < 1.29 is 4.42 Å². The standard InChI is InChI=1S/C5H8N2O/c1-4-3-7(2)5(6)8-4/h3,6H,1-2H3. The van der Waals surface area contributed by atoms with E-state index in [9.17, 15) is 0 Å². The van der Waals surface area contributed by atoms with Gasteiger partial charge in [-0.05, 0) is 6.92 Å². The normalized spacial score (nSPS) is 9.75. The fourth-order valence-corrected chi connectivity index (χ4v) is 0.582. The third kappa shape index (κ3) is 0.665. The molecule has 3 heteroatoms.